The van der Waals surface area contributed by atoms with E-state index in [1.165, 1.54) is 0 Å². The first-order valence-electron chi connectivity index (χ1n) is 7.08. The van der Waals surface area contributed by atoms with E-state index in [4.69, 9.17) is 4.74 Å². The van der Waals surface area contributed by atoms with Gasteiger partial charge in [-0.15, -0.1) is 0 Å². The number of benzene rings is 3. The molecule has 3 aromatic carbocycles. The predicted octanol–water partition coefficient (Wildman–Crippen LogP) is 4.88. The van der Waals surface area contributed by atoms with Gasteiger partial charge in [0, 0.05) is 21.5 Å². The highest BCUT2D eigenvalue weighted by molar-refractivity contribution is 6.10. The Morgan fingerprint density at radius 2 is 1.35 bits per heavy atom. The Kier molecular flexibility index (Phi) is 3.46. The normalized spacial score (nSPS) is 11.1. The van der Waals surface area contributed by atoms with Crippen LogP contribution in [0.25, 0.3) is 21.5 Å². The summed E-state index contributed by atoms with van der Waals surface area (Å²) >= 11 is 0. The van der Waals surface area contributed by atoms with E-state index < -0.39 is 0 Å². The molecule has 0 bridgehead atoms. The number of unbranched alkanes of at least 4 members (excludes halogenated alkanes) is 1. The number of phenols is 1. The maximum atomic E-state index is 10.5. The molecule has 0 atom stereocenters. The third-order valence-corrected chi connectivity index (χ3v) is 3.60. The Bertz CT molecular complexity index is 690. The molecule has 0 fully saturated rings. The zero-order valence-corrected chi connectivity index (χ0v) is 11.6. The van der Waals surface area contributed by atoms with Crippen LogP contribution in [-0.4, -0.2) is 11.7 Å². The van der Waals surface area contributed by atoms with Gasteiger partial charge >= 0.3 is 0 Å². The predicted molar refractivity (Wildman–Crippen MR) is 83.5 cm³/mol. The second kappa shape index (κ2) is 5.41. The summed E-state index contributed by atoms with van der Waals surface area (Å²) in [5.74, 6) is 1.21. The fourth-order valence-electron chi connectivity index (χ4n) is 2.54. The van der Waals surface area contributed by atoms with Crippen LogP contribution in [0.5, 0.6) is 11.5 Å². The highest BCUT2D eigenvalue weighted by Gasteiger charge is 2.13. The molecule has 2 heteroatoms. The van der Waals surface area contributed by atoms with E-state index >= 15 is 0 Å². The van der Waals surface area contributed by atoms with Gasteiger partial charge in [0.05, 0.1) is 6.61 Å². The average Bonchev–Trinajstić information content (AvgIpc) is 2.51. The highest BCUT2D eigenvalue weighted by atomic mass is 16.5. The van der Waals surface area contributed by atoms with Crippen LogP contribution in [0.4, 0.5) is 0 Å². The molecule has 3 aromatic rings. The lowest BCUT2D eigenvalue weighted by Crippen LogP contribution is -1.98. The molecular formula is C18H18O2. The van der Waals surface area contributed by atoms with Gasteiger partial charge in [-0.2, -0.15) is 0 Å². The van der Waals surface area contributed by atoms with Crippen molar-refractivity contribution in [3.8, 4) is 11.5 Å². The molecule has 0 saturated heterocycles. The van der Waals surface area contributed by atoms with Crippen molar-refractivity contribution in [2.75, 3.05) is 6.61 Å². The monoisotopic (exact) mass is 266 g/mol. The third kappa shape index (κ3) is 2.07. The summed E-state index contributed by atoms with van der Waals surface area (Å²) in [5.41, 5.74) is 0. The minimum atomic E-state index is 0.332. The molecule has 0 amide bonds. The van der Waals surface area contributed by atoms with E-state index in [1.807, 2.05) is 48.5 Å². The molecule has 0 spiro atoms. The van der Waals surface area contributed by atoms with Gasteiger partial charge in [0.25, 0.3) is 0 Å². The Morgan fingerprint density at radius 3 is 1.85 bits per heavy atom. The van der Waals surface area contributed by atoms with E-state index in [0.29, 0.717) is 12.4 Å². The quantitative estimate of drug-likeness (QED) is 0.539. The average molecular weight is 266 g/mol. The number of rotatable bonds is 4. The highest BCUT2D eigenvalue weighted by Crippen LogP contribution is 2.41. The molecule has 0 aliphatic heterocycles. The summed E-state index contributed by atoms with van der Waals surface area (Å²) < 4.78 is 6.02. The summed E-state index contributed by atoms with van der Waals surface area (Å²) in [6.45, 7) is 2.85. The molecule has 0 saturated carbocycles. The fourth-order valence-corrected chi connectivity index (χ4v) is 2.54. The molecule has 3 rings (SSSR count). The van der Waals surface area contributed by atoms with Crippen molar-refractivity contribution in [1.82, 2.24) is 0 Å². The molecular weight excluding hydrogens is 248 g/mol. The van der Waals surface area contributed by atoms with Gasteiger partial charge < -0.3 is 9.84 Å². The van der Waals surface area contributed by atoms with E-state index in [-0.39, 0.29) is 0 Å². The third-order valence-electron chi connectivity index (χ3n) is 3.60. The van der Waals surface area contributed by atoms with Crippen molar-refractivity contribution >= 4 is 21.5 Å². The molecule has 0 unspecified atom stereocenters. The van der Waals surface area contributed by atoms with Crippen molar-refractivity contribution in [3.63, 3.8) is 0 Å². The molecule has 0 heterocycles. The SMILES string of the molecule is CCCCOc1c2ccccc2c(O)c2ccccc12. The second-order valence-corrected chi connectivity index (χ2v) is 4.97. The summed E-state index contributed by atoms with van der Waals surface area (Å²) in [4.78, 5) is 0. The van der Waals surface area contributed by atoms with Crippen LogP contribution >= 0.6 is 0 Å². The van der Waals surface area contributed by atoms with E-state index in [1.54, 1.807) is 0 Å². The molecule has 1 N–H and O–H groups in total. The minimum absolute atomic E-state index is 0.332. The summed E-state index contributed by atoms with van der Waals surface area (Å²) in [7, 11) is 0. The molecule has 20 heavy (non-hydrogen) atoms. The topological polar surface area (TPSA) is 29.5 Å². The number of ether oxygens (including phenoxy) is 1. The number of hydrogen-bond donors (Lipinski definition) is 1. The van der Waals surface area contributed by atoms with Crippen molar-refractivity contribution in [1.29, 1.82) is 0 Å². The van der Waals surface area contributed by atoms with Gasteiger partial charge in [0.1, 0.15) is 11.5 Å². The maximum Gasteiger partial charge on any atom is 0.135 e. The van der Waals surface area contributed by atoms with Gasteiger partial charge in [0.15, 0.2) is 0 Å². The van der Waals surface area contributed by atoms with Gasteiger partial charge in [-0.1, -0.05) is 61.9 Å². The standard InChI is InChI=1S/C18H18O2/c1-2-3-12-20-18-15-10-6-4-8-13(15)17(19)14-9-5-7-11-16(14)18/h4-11,19H,2-3,12H2,1H3. The van der Waals surface area contributed by atoms with E-state index in [9.17, 15) is 5.11 Å². The first-order valence-corrected chi connectivity index (χ1v) is 7.08. The molecule has 2 nitrogen and oxygen atoms in total. The Morgan fingerprint density at radius 1 is 0.850 bits per heavy atom. The first-order chi connectivity index (χ1) is 9.83. The van der Waals surface area contributed by atoms with Gasteiger partial charge in [-0.05, 0) is 6.42 Å². The second-order valence-electron chi connectivity index (χ2n) is 4.97. The van der Waals surface area contributed by atoms with Crippen LogP contribution in [0.15, 0.2) is 48.5 Å². The molecule has 0 aliphatic rings. The van der Waals surface area contributed by atoms with Crippen LogP contribution in [0.2, 0.25) is 0 Å². The van der Waals surface area contributed by atoms with Crippen LogP contribution in [0.1, 0.15) is 19.8 Å². The Hall–Kier alpha value is -2.22. The van der Waals surface area contributed by atoms with Crippen molar-refractivity contribution < 1.29 is 9.84 Å². The van der Waals surface area contributed by atoms with Gasteiger partial charge in [-0.25, -0.2) is 0 Å². The fraction of sp³-hybridized carbons (Fsp3) is 0.222. The van der Waals surface area contributed by atoms with E-state index in [0.717, 1.165) is 40.1 Å². The number of fused-ring (bicyclic) bond motifs is 2. The lowest BCUT2D eigenvalue weighted by Gasteiger charge is -2.14. The lowest BCUT2D eigenvalue weighted by molar-refractivity contribution is 0.316. The molecule has 0 aromatic heterocycles. The van der Waals surface area contributed by atoms with Crippen molar-refractivity contribution in [3.05, 3.63) is 48.5 Å². The van der Waals surface area contributed by atoms with Crippen LogP contribution < -0.4 is 4.74 Å². The largest absolute Gasteiger partial charge is 0.507 e. The zero-order valence-electron chi connectivity index (χ0n) is 11.6. The van der Waals surface area contributed by atoms with Crippen LogP contribution in [0, 0.1) is 0 Å². The summed E-state index contributed by atoms with van der Waals surface area (Å²) in [5, 5.41) is 14.1. The van der Waals surface area contributed by atoms with Crippen LogP contribution in [0.3, 0.4) is 0 Å². The van der Waals surface area contributed by atoms with Gasteiger partial charge in [-0.3, -0.25) is 0 Å². The maximum absolute atomic E-state index is 10.5. The molecule has 0 radical (unpaired) electrons. The number of hydrogen-bond acceptors (Lipinski definition) is 2. The lowest BCUT2D eigenvalue weighted by atomic mass is 10.0. The molecule has 0 aliphatic carbocycles. The number of aromatic hydroxyl groups is 1. The zero-order chi connectivity index (χ0) is 13.9. The van der Waals surface area contributed by atoms with E-state index in [2.05, 4.69) is 6.92 Å². The minimum Gasteiger partial charge on any atom is -0.507 e. The van der Waals surface area contributed by atoms with Gasteiger partial charge in [0.2, 0.25) is 0 Å². The number of phenolic OH excluding ortho intramolecular Hbond substituents is 1. The van der Waals surface area contributed by atoms with Crippen LogP contribution in [-0.2, 0) is 0 Å². The Balaban J connectivity index is 2.28. The Labute approximate surface area is 118 Å². The molecule has 102 valence electrons. The summed E-state index contributed by atoms with van der Waals surface area (Å²) in [6, 6.07) is 15.7. The van der Waals surface area contributed by atoms with Crippen molar-refractivity contribution in [2.24, 2.45) is 0 Å². The van der Waals surface area contributed by atoms with Crippen molar-refractivity contribution in [2.45, 2.75) is 19.8 Å². The summed E-state index contributed by atoms with van der Waals surface area (Å²) in [6.07, 6.45) is 2.14. The smallest absolute Gasteiger partial charge is 0.135 e. The first kappa shape index (κ1) is 12.8.